The molecule has 3 rings (SSSR count). The van der Waals surface area contributed by atoms with Crippen LogP contribution in [0.15, 0.2) is 48.5 Å². The van der Waals surface area contributed by atoms with Gasteiger partial charge in [-0.05, 0) is 50.2 Å². The molecule has 1 N–H and O–H groups in total. The van der Waals surface area contributed by atoms with Crippen molar-refractivity contribution in [2.45, 2.75) is 26.3 Å². The lowest BCUT2D eigenvalue weighted by molar-refractivity contribution is -0.123. The average molecular weight is 368 g/mol. The molecule has 2 aromatic rings. The van der Waals surface area contributed by atoms with Crippen LogP contribution in [0.1, 0.15) is 18.9 Å². The van der Waals surface area contributed by atoms with E-state index in [0.717, 1.165) is 17.0 Å². The molecule has 0 unspecified atom stereocenters. The quantitative estimate of drug-likeness (QED) is 0.816. The normalized spacial score (nSPS) is 16.3. The molecule has 1 saturated heterocycles. The fourth-order valence-corrected chi connectivity index (χ4v) is 3.00. The molecule has 1 fully saturated rings. The van der Waals surface area contributed by atoms with Gasteiger partial charge in [0.25, 0.3) is 5.91 Å². The van der Waals surface area contributed by atoms with Crippen molar-refractivity contribution in [1.82, 2.24) is 5.32 Å². The highest BCUT2D eigenvalue weighted by atomic mass is 16.5. The largest absolute Gasteiger partial charge is 0.494 e. The van der Waals surface area contributed by atoms with Gasteiger partial charge >= 0.3 is 0 Å². The van der Waals surface area contributed by atoms with E-state index in [1.54, 1.807) is 4.90 Å². The Morgan fingerprint density at radius 3 is 2.37 bits per heavy atom. The van der Waals surface area contributed by atoms with Crippen LogP contribution in [0.3, 0.4) is 0 Å². The van der Waals surface area contributed by atoms with Crippen molar-refractivity contribution in [2.24, 2.45) is 0 Å². The smallest absolute Gasteiger partial charge is 0.258 e. The molecular formula is C21H24N2O4. The summed E-state index contributed by atoms with van der Waals surface area (Å²) in [7, 11) is 0. The Morgan fingerprint density at radius 2 is 1.70 bits per heavy atom. The SMILES string of the molecule is CCOc1ccc(N2C[C@@H](NC(=O)COc3ccc(C)cc3)CC2=O)cc1. The summed E-state index contributed by atoms with van der Waals surface area (Å²) in [6.45, 7) is 4.89. The number of nitrogens with one attached hydrogen (secondary N) is 1. The molecule has 1 aliphatic heterocycles. The molecule has 0 bridgehead atoms. The second-order valence-corrected chi connectivity index (χ2v) is 6.50. The first-order valence-corrected chi connectivity index (χ1v) is 9.07. The van der Waals surface area contributed by atoms with Crippen LogP contribution in [-0.4, -0.2) is 37.6 Å². The van der Waals surface area contributed by atoms with Crippen molar-refractivity contribution >= 4 is 17.5 Å². The molecule has 1 atom stereocenters. The van der Waals surface area contributed by atoms with Crippen molar-refractivity contribution in [3.8, 4) is 11.5 Å². The maximum absolute atomic E-state index is 12.3. The molecule has 6 heteroatoms. The van der Waals surface area contributed by atoms with E-state index < -0.39 is 0 Å². The van der Waals surface area contributed by atoms with Crippen molar-refractivity contribution in [3.63, 3.8) is 0 Å². The third-order valence-electron chi connectivity index (χ3n) is 4.34. The van der Waals surface area contributed by atoms with Gasteiger partial charge in [-0.2, -0.15) is 0 Å². The molecule has 27 heavy (non-hydrogen) atoms. The molecule has 0 aromatic heterocycles. The number of rotatable bonds is 7. The number of hydrogen-bond acceptors (Lipinski definition) is 4. The molecule has 1 heterocycles. The van der Waals surface area contributed by atoms with Crippen molar-refractivity contribution < 1.29 is 19.1 Å². The molecule has 2 amide bonds. The van der Waals surface area contributed by atoms with Gasteiger partial charge in [-0.3, -0.25) is 9.59 Å². The fourth-order valence-electron chi connectivity index (χ4n) is 3.00. The van der Waals surface area contributed by atoms with Crippen LogP contribution in [-0.2, 0) is 9.59 Å². The molecule has 2 aromatic carbocycles. The van der Waals surface area contributed by atoms with E-state index >= 15 is 0 Å². The highest BCUT2D eigenvalue weighted by Gasteiger charge is 2.31. The Bertz CT molecular complexity index is 787. The van der Waals surface area contributed by atoms with E-state index in [1.807, 2.05) is 62.4 Å². The van der Waals surface area contributed by atoms with Crippen molar-refractivity contribution in [3.05, 3.63) is 54.1 Å². The third-order valence-corrected chi connectivity index (χ3v) is 4.34. The molecule has 0 saturated carbocycles. The standard InChI is InChI=1S/C21H24N2O4/c1-3-26-18-10-6-17(7-11-18)23-13-16(12-21(23)25)22-20(24)14-27-19-8-4-15(2)5-9-19/h4-11,16H,3,12-14H2,1-2H3,(H,22,24)/t16-/m0/s1. The number of hydrogen-bond donors (Lipinski definition) is 1. The molecule has 0 radical (unpaired) electrons. The number of anilines is 1. The number of carbonyl (C=O) groups is 2. The molecule has 0 aliphatic carbocycles. The zero-order valence-electron chi connectivity index (χ0n) is 15.6. The molecule has 6 nitrogen and oxygen atoms in total. The lowest BCUT2D eigenvalue weighted by atomic mass is 10.2. The Hall–Kier alpha value is -3.02. The van der Waals surface area contributed by atoms with Gasteiger partial charge in [0.1, 0.15) is 11.5 Å². The summed E-state index contributed by atoms with van der Waals surface area (Å²) in [5, 5.41) is 2.87. The molecular weight excluding hydrogens is 344 g/mol. The summed E-state index contributed by atoms with van der Waals surface area (Å²) in [4.78, 5) is 26.1. The Labute approximate surface area is 159 Å². The topological polar surface area (TPSA) is 67.9 Å². The van der Waals surface area contributed by atoms with Crippen LogP contribution in [0.25, 0.3) is 0 Å². The van der Waals surface area contributed by atoms with E-state index in [9.17, 15) is 9.59 Å². The number of carbonyl (C=O) groups excluding carboxylic acids is 2. The maximum Gasteiger partial charge on any atom is 0.258 e. The van der Waals surface area contributed by atoms with Crippen LogP contribution in [0, 0.1) is 6.92 Å². The van der Waals surface area contributed by atoms with Crippen LogP contribution in [0.2, 0.25) is 0 Å². The first kappa shape index (κ1) is 18.8. The molecule has 0 spiro atoms. The first-order chi connectivity index (χ1) is 13.0. The van der Waals surface area contributed by atoms with Gasteiger partial charge in [-0.15, -0.1) is 0 Å². The lowest BCUT2D eigenvalue weighted by Gasteiger charge is -2.18. The van der Waals surface area contributed by atoms with E-state index in [0.29, 0.717) is 18.9 Å². The second kappa shape index (κ2) is 8.58. The average Bonchev–Trinajstić information content (AvgIpc) is 3.02. The number of aryl methyl sites for hydroxylation is 1. The summed E-state index contributed by atoms with van der Waals surface area (Å²) < 4.78 is 10.9. The zero-order chi connectivity index (χ0) is 19.2. The highest BCUT2D eigenvalue weighted by molar-refractivity contribution is 5.97. The van der Waals surface area contributed by atoms with Gasteiger partial charge in [0.2, 0.25) is 5.91 Å². The predicted molar refractivity (Wildman–Crippen MR) is 103 cm³/mol. The van der Waals surface area contributed by atoms with Gasteiger partial charge in [0, 0.05) is 18.7 Å². The van der Waals surface area contributed by atoms with Gasteiger partial charge < -0.3 is 19.7 Å². The van der Waals surface area contributed by atoms with Crippen LogP contribution in [0.4, 0.5) is 5.69 Å². The van der Waals surface area contributed by atoms with Gasteiger partial charge in [-0.1, -0.05) is 17.7 Å². The monoisotopic (exact) mass is 368 g/mol. The summed E-state index contributed by atoms with van der Waals surface area (Å²) in [5.74, 6) is 1.17. The third kappa shape index (κ3) is 5.00. The van der Waals surface area contributed by atoms with Gasteiger partial charge in [-0.25, -0.2) is 0 Å². The zero-order valence-corrected chi connectivity index (χ0v) is 15.6. The number of benzene rings is 2. The van der Waals surface area contributed by atoms with E-state index in [1.165, 1.54) is 0 Å². The first-order valence-electron chi connectivity index (χ1n) is 9.07. The molecule has 1 aliphatic rings. The van der Waals surface area contributed by atoms with Gasteiger partial charge in [0.15, 0.2) is 6.61 Å². The maximum atomic E-state index is 12.3. The minimum absolute atomic E-state index is 0.0103. The minimum Gasteiger partial charge on any atom is -0.494 e. The Balaban J connectivity index is 1.50. The number of nitrogens with zero attached hydrogens (tertiary/aromatic N) is 1. The van der Waals surface area contributed by atoms with Crippen LogP contribution in [0.5, 0.6) is 11.5 Å². The van der Waals surface area contributed by atoms with Crippen molar-refractivity contribution in [1.29, 1.82) is 0 Å². The van der Waals surface area contributed by atoms with E-state index in [4.69, 9.17) is 9.47 Å². The fraction of sp³-hybridized carbons (Fsp3) is 0.333. The molecule has 142 valence electrons. The summed E-state index contributed by atoms with van der Waals surface area (Å²) in [6, 6.07) is 14.7. The van der Waals surface area contributed by atoms with E-state index in [-0.39, 0.29) is 30.9 Å². The summed E-state index contributed by atoms with van der Waals surface area (Å²) in [5.41, 5.74) is 1.93. The Kier molecular flexibility index (Phi) is 5.96. The Morgan fingerprint density at radius 1 is 1.07 bits per heavy atom. The number of amides is 2. The van der Waals surface area contributed by atoms with Gasteiger partial charge in [0.05, 0.1) is 12.6 Å². The summed E-state index contributed by atoms with van der Waals surface area (Å²) in [6.07, 6.45) is 0.281. The van der Waals surface area contributed by atoms with E-state index in [2.05, 4.69) is 5.32 Å². The van der Waals surface area contributed by atoms with Crippen LogP contribution < -0.4 is 19.7 Å². The highest BCUT2D eigenvalue weighted by Crippen LogP contribution is 2.24. The van der Waals surface area contributed by atoms with Crippen LogP contribution >= 0.6 is 0 Å². The summed E-state index contributed by atoms with van der Waals surface area (Å²) >= 11 is 0. The predicted octanol–water partition coefficient (Wildman–Crippen LogP) is 2.69. The lowest BCUT2D eigenvalue weighted by Crippen LogP contribution is -2.39. The minimum atomic E-state index is -0.234. The second-order valence-electron chi connectivity index (χ2n) is 6.50. The van der Waals surface area contributed by atoms with Crippen molar-refractivity contribution in [2.75, 3.05) is 24.7 Å². The number of ether oxygens (including phenoxy) is 2.